The highest BCUT2D eigenvalue weighted by Gasteiger charge is 2.25. The number of para-hydroxylation sites is 2. The maximum Gasteiger partial charge on any atom is 0.322 e. The molecule has 1 aromatic carbocycles. The molecule has 2 heterocycles. The highest BCUT2D eigenvalue weighted by Crippen LogP contribution is 2.16. The number of rotatable bonds is 2. The van der Waals surface area contributed by atoms with Crippen molar-refractivity contribution in [2.24, 2.45) is 0 Å². The molecule has 19 heavy (non-hydrogen) atoms. The molecule has 0 amide bonds. The summed E-state index contributed by atoms with van der Waals surface area (Å²) in [7, 11) is 0. The fourth-order valence-corrected chi connectivity index (χ4v) is 2.22. The predicted molar refractivity (Wildman–Crippen MR) is 71.2 cm³/mol. The zero-order valence-corrected chi connectivity index (χ0v) is 10.3. The Labute approximate surface area is 110 Å². The molecule has 1 aliphatic heterocycles. The maximum absolute atomic E-state index is 11.0. The van der Waals surface area contributed by atoms with Crippen LogP contribution in [0.4, 0.5) is 5.82 Å². The SMILES string of the molecule is O=C(O)[C@@H]1CN(c2cnc3ccccc3n2)CCN1. The number of nitrogens with one attached hydrogen (secondary N) is 1. The number of hydrogen-bond donors (Lipinski definition) is 2. The van der Waals surface area contributed by atoms with Gasteiger partial charge in [-0.25, -0.2) is 4.98 Å². The Kier molecular flexibility index (Phi) is 3.00. The van der Waals surface area contributed by atoms with E-state index in [2.05, 4.69) is 15.3 Å². The summed E-state index contributed by atoms with van der Waals surface area (Å²) in [6.07, 6.45) is 1.70. The monoisotopic (exact) mass is 258 g/mol. The number of carboxylic acid groups (broad SMARTS) is 1. The van der Waals surface area contributed by atoms with Gasteiger partial charge in [0.15, 0.2) is 0 Å². The molecule has 98 valence electrons. The van der Waals surface area contributed by atoms with Crippen LogP contribution in [-0.2, 0) is 4.79 Å². The third kappa shape index (κ3) is 2.34. The molecule has 0 unspecified atom stereocenters. The molecule has 0 aliphatic carbocycles. The first-order chi connectivity index (χ1) is 9.24. The van der Waals surface area contributed by atoms with Crippen molar-refractivity contribution < 1.29 is 9.90 Å². The molecule has 0 saturated carbocycles. The van der Waals surface area contributed by atoms with Gasteiger partial charge in [0.05, 0.1) is 17.2 Å². The number of carboxylic acids is 1. The molecule has 0 radical (unpaired) electrons. The molecular weight excluding hydrogens is 244 g/mol. The highest BCUT2D eigenvalue weighted by atomic mass is 16.4. The second kappa shape index (κ2) is 4.81. The lowest BCUT2D eigenvalue weighted by atomic mass is 10.2. The molecule has 6 nitrogen and oxygen atoms in total. The number of benzene rings is 1. The van der Waals surface area contributed by atoms with Crippen molar-refractivity contribution in [3.63, 3.8) is 0 Å². The van der Waals surface area contributed by atoms with Crippen molar-refractivity contribution in [3.05, 3.63) is 30.5 Å². The molecule has 6 heteroatoms. The van der Waals surface area contributed by atoms with E-state index in [0.717, 1.165) is 23.4 Å². The topological polar surface area (TPSA) is 78.3 Å². The van der Waals surface area contributed by atoms with Crippen molar-refractivity contribution in [3.8, 4) is 0 Å². The molecule has 0 spiro atoms. The van der Waals surface area contributed by atoms with Crippen LogP contribution in [0.3, 0.4) is 0 Å². The van der Waals surface area contributed by atoms with E-state index in [0.29, 0.717) is 13.1 Å². The molecule has 1 saturated heterocycles. The van der Waals surface area contributed by atoms with Gasteiger partial charge in [0.2, 0.25) is 0 Å². The average molecular weight is 258 g/mol. The van der Waals surface area contributed by atoms with E-state index in [1.807, 2.05) is 29.2 Å². The van der Waals surface area contributed by atoms with E-state index in [1.165, 1.54) is 0 Å². The van der Waals surface area contributed by atoms with Crippen LogP contribution in [0.15, 0.2) is 30.5 Å². The second-order valence-electron chi connectivity index (χ2n) is 4.51. The van der Waals surface area contributed by atoms with Gasteiger partial charge in [-0.15, -0.1) is 0 Å². The Hall–Kier alpha value is -2.21. The summed E-state index contributed by atoms with van der Waals surface area (Å²) in [5.41, 5.74) is 1.67. The Morgan fingerprint density at radius 1 is 1.37 bits per heavy atom. The van der Waals surface area contributed by atoms with Crippen LogP contribution in [0.5, 0.6) is 0 Å². The number of fused-ring (bicyclic) bond motifs is 1. The largest absolute Gasteiger partial charge is 0.480 e. The molecule has 1 aromatic heterocycles. The van der Waals surface area contributed by atoms with E-state index in [-0.39, 0.29) is 0 Å². The number of aromatic nitrogens is 2. The van der Waals surface area contributed by atoms with Crippen LogP contribution in [0.25, 0.3) is 11.0 Å². The third-order valence-electron chi connectivity index (χ3n) is 3.23. The lowest BCUT2D eigenvalue weighted by Gasteiger charge is -2.32. The maximum atomic E-state index is 11.0. The Morgan fingerprint density at radius 2 is 2.16 bits per heavy atom. The quantitative estimate of drug-likeness (QED) is 0.816. The van der Waals surface area contributed by atoms with Crippen LogP contribution in [0, 0.1) is 0 Å². The lowest BCUT2D eigenvalue weighted by Crippen LogP contribution is -2.54. The van der Waals surface area contributed by atoms with E-state index in [4.69, 9.17) is 5.11 Å². The molecule has 1 aliphatic rings. The van der Waals surface area contributed by atoms with Crippen LogP contribution in [-0.4, -0.2) is 46.7 Å². The predicted octanol–water partition coefficient (Wildman–Crippen LogP) is 0.493. The highest BCUT2D eigenvalue weighted by molar-refractivity contribution is 5.76. The van der Waals surface area contributed by atoms with E-state index >= 15 is 0 Å². The molecule has 1 atom stereocenters. The zero-order valence-electron chi connectivity index (χ0n) is 10.3. The van der Waals surface area contributed by atoms with Crippen molar-refractivity contribution in [2.75, 3.05) is 24.5 Å². The first-order valence-electron chi connectivity index (χ1n) is 6.17. The third-order valence-corrected chi connectivity index (χ3v) is 3.23. The van der Waals surface area contributed by atoms with Crippen molar-refractivity contribution >= 4 is 22.8 Å². The van der Waals surface area contributed by atoms with E-state index in [1.54, 1.807) is 6.20 Å². The summed E-state index contributed by atoms with van der Waals surface area (Å²) in [5, 5.41) is 12.0. The van der Waals surface area contributed by atoms with Gasteiger partial charge in [-0.1, -0.05) is 12.1 Å². The van der Waals surface area contributed by atoms with Gasteiger partial charge in [0, 0.05) is 19.6 Å². The number of nitrogens with zero attached hydrogens (tertiary/aromatic N) is 3. The first kappa shape index (κ1) is 11.9. The first-order valence-corrected chi connectivity index (χ1v) is 6.17. The van der Waals surface area contributed by atoms with Gasteiger partial charge in [0.25, 0.3) is 0 Å². The standard InChI is InChI=1S/C13H14N4O2/c18-13(19)11-8-17(6-5-14-11)12-7-15-9-3-1-2-4-10(9)16-12/h1-4,7,11,14H,5-6,8H2,(H,18,19)/t11-/m0/s1. The Morgan fingerprint density at radius 3 is 2.95 bits per heavy atom. The van der Waals surface area contributed by atoms with Crippen LogP contribution >= 0.6 is 0 Å². The Balaban J connectivity index is 1.89. The van der Waals surface area contributed by atoms with Crippen molar-refractivity contribution in [1.82, 2.24) is 15.3 Å². The number of aliphatic carboxylic acids is 1. The number of carbonyl (C=O) groups is 1. The van der Waals surface area contributed by atoms with Gasteiger partial charge in [-0.3, -0.25) is 9.78 Å². The second-order valence-corrected chi connectivity index (χ2v) is 4.51. The minimum atomic E-state index is -0.835. The molecule has 1 fully saturated rings. The number of hydrogen-bond acceptors (Lipinski definition) is 5. The van der Waals surface area contributed by atoms with Gasteiger partial charge in [-0.2, -0.15) is 0 Å². The smallest absolute Gasteiger partial charge is 0.322 e. The number of piperazine rings is 1. The van der Waals surface area contributed by atoms with Crippen molar-refractivity contribution in [1.29, 1.82) is 0 Å². The molecule has 0 bridgehead atoms. The van der Waals surface area contributed by atoms with E-state index < -0.39 is 12.0 Å². The zero-order chi connectivity index (χ0) is 13.2. The summed E-state index contributed by atoms with van der Waals surface area (Å²) < 4.78 is 0. The molecular formula is C13H14N4O2. The molecule has 2 N–H and O–H groups in total. The van der Waals surface area contributed by atoms with Crippen molar-refractivity contribution in [2.45, 2.75) is 6.04 Å². The van der Waals surface area contributed by atoms with Gasteiger partial charge < -0.3 is 15.3 Å². The van der Waals surface area contributed by atoms with Gasteiger partial charge in [-0.05, 0) is 12.1 Å². The van der Waals surface area contributed by atoms with Crippen LogP contribution < -0.4 is 10.2 Å². The summed E-state index contributed by atoms with van der Waals surface area (Å²) in [5.74, 6) is -0.107. The fourth-order valence-electron chi connectivity index (χ4n) is 2.22. The minimum Gasteiger partial charge on any atom is -0.480 e. The lowest BCUT2D eigenvalue weighted by molar-refractivity contribution is -0.139. The normalized spacial score (nSPS) is 19.6. The summed E-state index contributed by atoms with van der Waals surface area (Å²) in [6, 6.07) is 7.09. The average Bonchev–Trinajstić information content (AvgIpc) is 2.47. The van der Waals surface area contributed by atoms with E-state index in [9.17, 15) is 4.79 Å². The summed E-state index contributed by atoms with van der Waals surface area (Å²) in [6.45, 7) is 1.77. The Bertz CT molecular complexity index is 616. The van der Waals surface area contributed by atoms with Gasteiger partial charge in [0.1, 0.15) is 11.9 Å². The van der Waals surface area contributed by atoms with Crippen LogP contribution in [0.2, 0.25) is 0 Å². The van der Waals surface area contributed by atoms with Crippen LogP contribution in [0.1, 0.15) is 0 Å². The molecule has 2 aromatic rings. The number of anilines is 1. The fraction of sp³-hybridized carbons (Fsp3) is 0.308. The summed E-state index contributed by atoms with van der Waals surface area (Å²) >= 11 is 0. The summed E-state index contributed by atoms with van der Waals surface area (Å²) in [4.78, 5) is 21.9. The molecule has 3 rings (SSSR count). The van der Waals surface area contributed by atoms with Gasteiger partial charge >= 0.3 is 5.97 Å². The minimum absolute atomic E-state index is 0.405.